The molecule has 106 valence electrons. The highest BCUT2D eigenvalue weighted by molar-refractivity contribution is 9.10. The van der Waals surface area contributed by atoms with Crippen LogP contribution in [0, 0.1) is 12.7 Å². The number of rotatable bonds is 5. The van der Waals surface area contributed by atoms with E-state index in [0.29, 0.717) is 0 Å². The number of hydrogen-bond donors (Lipinski definition) is 2. The smallest absolute Gasteiger partial charge is 0.124 e. The standard InChI is InChI=1S/C16H18BrFN2/c1-11-3-2-4-12(7-11)8-15(20-19)9-13-5-6-14(18)10-16(13)17/h2-7,10,15,20H,8-9,19H2,1H3. The first-order valence-corrected chi connectivity index (χ1v) is 7.33. The fourth-order valence-corrected chi connectivity index (χ4v) is 2.78. The summed E-state index contributed by atoms with van der Waals surface area (Å²) in [5.74, 6) is 5.41. The number of benzene rings is 2. The van der Waals surface area contributed by atoms with Crippen molar-refractivity contribution in [3.63, 3.8) is 0 Å². The molecule has 0 heterocycles. The zero-order chi connectivity index (χ0) is 14.5. The summed E-state index contributed by atoms with van der Waals surface area (Å²) < 4.78 is 13.9. The average molecular weight is 337 g/mol. The highest BCUT2D eigenvalue weighted by Crippen LogP contribution is 2.20. The normalized spacial score (nSPS) is 12.4. The van der Waals surface area contributed by atoms with E-state index < -0.39 is 0 Å². The molecular formula is C16H18BrFN2. The number of hydrazine groups is 1. The van der Waals surface area contributed by atoms with E-state index >= 15 is 0 Å². The summed E-state index contributed by atoms with van der Waals surface area (Å²) in [6.45, 7) is 2.07. The lowest BCUT2D eigenvalue weighted by molar-refractivity contribution is 0.521. The Bertz CT molecular complexity index is 586. The van der Waals surface area contributed by atoms with E-state index in [0.717, 1.165) is 22.9 Å². The second-order valence-corrected chi connectivity index (χ2v) is 5.85. The van der Waals surface area contributed by atoms with Crippen molar-refractivity contribution in [2.75, 3.05) is 0 Å². The molecule has 2 aromatic rings. The molecule has 0 aliphatic carbocycles. The number of nitrogens with two attached hydrogens (primary N) is 1. The van der Waals surface area contributed by atoms with E-state index in [-0.39, 0.29) is 11.9 Å². The Morgan fingerprint density at radius 1 is 1.20 bits per heavy atom. The molecule has 1 atom stereocenters. The van der Waals surface area contributed by atoms with Crippen LogP contribution in [0.2, 0.25) is 0 Å². The van der Waals surface area contributed by atoms with Crippen LogP contribution in [-0.4, -0.2) is 6.04 Å². The number of aryl methyl sites for hydroxylation is 1. The summed E-state index contributed by atoms with van der Waals surface area (Å²) in [4.78, 5) is 0. The van der Waals surface area contributed by atoms with Gasteiger partial charge in [0.25, 0.3) is 0 Å². The third-order valence-electron chi connectivity index (χ3n) is 3.28. The highest BCUT2D eigenvalue weighted by atomic mass is 79.9. The minimum absolute atomic E-state index is 0.110. The average Bonchev–Trinajstić information content (AvgIpc) is 2.41. The van der Waals surface area contributed by atoms with Gasteiger partial charge in [-0.15, -0.1) is 0 Å². The number of halogens is 2. The van der Waals surface area contributed by atoms with Gasteiger partial charge in [-0.05, 0) is 43.0 Å². The molecule has 0 aliphatic rings. The lowest BCUT2D eigenvalue weighted by Gasteiger charge is -2.17. The number of nitrogens with one attached hydrogen (secondary N) is 1. The molecule has 0 aromatic heterocycles. The van der Waals surface area contributed by atoms with Crippen LogP contribution < -0.4 is 11.3 Å². The molecule has 0 fully saturated rings. The zero-order valence-electron chi connectivity index (χ0n) is 11.4. The van der Waals surface area contributed by atoms with Gasteiger partial charge in [0.1, 0.15) is 5.82 Å². The van der Waals surface area contributed by atoms with Gasteiger partial charge in [0.2, 0.25) is 0 Å². The van der Waals surface area contributed by atoms with Gasteiger partial charge < -0.3 is 0 Å². The molecule has 2 aromatic carbocycles. The maximum absolute atomic E-state index is 13.1. The summed E-state index contributed by atoms with van der Waals surface area (Å²) in [6, 6.07) is 13.2. The van der Waals surface area contributed by atoms with Crippen LogP contribution in [0.1, 0.15) is 16.7 Å². The van der Waals surface area contributed by atoms with E-state index in [1.165, 1.54) is 23.3 Å². The van der Waals surface area contributed by atoms with Gasteiger partial charge >= 0.3 is 0 Å². The molecule has 0 saturated carbocycles. The predicted octanol–water partition coefficient (Wildman–Crippen LogP) is 3.51. The zero-order valence-corrected chi connectivity index (χ0v) is 13.0. The maximum atomic E-state index is 13.1. The van der Waals surface area contributed by atoms with Gasteiger partial charge in [-0.3, -0.25) is 11.3 Å². The number of hydrogen-bond acceptors (Lipinski definition) is 2. The van der Waals surface area contributed by atoms with Crippen LogP contribution >= 0.6 is 15.9 Å². The van der Waals surface area contributed by atoms with Crippen LogP contribution in [0.3, 0.4) is 0 Å². The van der Waals surface area contributed by atoms with Crippen molar-refractivity contribution in [3.8, 4) is 0 Å². The fourth-order valence-electron chi connectivity index (χ4n) is 2.27. The first-order chi connectivity index (χ1) is 9.58. The summed E-state index contributed by atoms with van der Waals surface area (Å²) >= 11 is 3.39. The Hall–Kier alpha value is -1.23. The Balaban J connectivity index is 2.09. The van der Waals surface area contributed by atoms with Gasteiger partial charge in [-0.2, -0.15) is 0 Å². The van der Waals surface area contributed by atoms with Crippen molar-refractivity contribution in [3.05, 3.63) is 69.4 Å². The van der Waals surface area contributed by atoms with E-state index in [4.69, 9.17) is 5.84 Å². The topological polar surface area (TPSA) is 38.0 Å². The summed E-state index contributed by atoms with van der Waals surface area (Å²) in [6.07, 6.45) is 1.58. The van der Waals surface area contributed by atoms with Crippen molar-refractivity contribution in [2.24, 2.45) is 5.84 Å². The van der Waals surface area contributed by atoms with Crippen molar-refractivity contribution in [1.82, 2.24) is 5.43 Å². The van der Waals surface area contributed by atoms with Gasteiger partial charge in [-0.1, -0.05) is 51.8 Å². The Labute approximate surface area is 127 Å². The Morgan fingerprint density at radius 3 is 2.65 bits per heavy atom. The lowest BCUT2D eigenvalue weighted by atomic mass is 9.98. The van der Waals surface area contributed by atoms with Crippen LogP contribution in [-0.2, 0) is 12.8 Å². The minimum atomic E-state index is -0.239. The van der Waals surface area contributed by atoms with E-state index in [1.54, 1.807) is 6.07 Å². The molecule has 2 nitrogen and oxygen atoms in total. The second kappa shape index (κ2) is 6.97. The second-order valence-electron chi connectivity index (χ2n) is 5.00. The Morgan fingerprint density at radius 2 is 2.00 bits per heavy atom. The highest BCUT2D eigenvalue weighted by Gasteiger charge is 2.11. The van der Waals surface area contributed by atoms with Gasteiger partial charge in [-0.25, -0.2) is 4.39 Å². The molecular weight excluding hydrogens is 319 g/mol. The SMILES string of the molecule is Cc1cccc(CC(Cc2ccc(F)cc2Br)NN)c1. The monoisotopic (exact) mass is 336 g/mol. The molecule has 0 bridgehead atoms. The third kappa shape index (κ3) is 4.13. The molecule has 1 unspecified atom stereocenters. The molecule has 0 aliphatic heterocycles. The van der Waals surface area contributed by atoms with E-state index in [1.807, 2.05) is 6.07 Å². The van der Waals surface area contributed by atoms with Gasteiger partial charge in [0.05, 0.1) is 0 Å². The third-order valence-corrected chi connectivity index (χ3v) is 4.02. The lowest BCUT2D eigenvalue weighted by Crippen LogP contribution is -2.38. The molecule has 0 radical (unpaired) electrons. The van der Waals surface area contributed by atoms with Crippen LogP contribution in [0.25, 0.3) is 0 Å². The first-order valence-electron chi connectivity index (χ1n) is 6.54. The summed E-state index contributed by atoms with van der Waals surface area (Å²) in [5, 5.41) is 0. The largest absolute Gasteiger partial charge is 0.271 e. The molecule has 2 rings (SSSR count). The molecule has 0 saturated heterocycles. The van der Waals surface area contributed by atoms with Crippen LogP contribution in [0.5, 0.6) is 0 Å². The van der Waals surface area contributed by atoms with E-state index in [9.17, 15) is 4.39 Å². The molecule has 20 heavy (non-hydrogen) atoms. The van der Waals surface area contributed by atoms with Crippen molar-refractivity contribution >= 4 is 15.9 Å². The molecule has 0 spiro atoms. The summed E-state index contributed by atoms with van der Waals surface area (Å²) in [7, 11) is 0. The fraction of sp³-hybridized carbons (Fsp3) is 0.250. The maximum Gasteiger partial charge on any atom is 0.124 e. The minimum Gasteiger partial charge on any atom is -0.271 e. The van der Waals surface area contributed by atoms with Crippen LogP contribution in [0.15, 0.2) is 46.9 Å². The van der Waals surface area contributed by atoms with Crippen molar-refractivity contribution in [2.45, 2.75) is 25.8 Å². The van der Waals surface area contributed by atoms with Crippen molar-refractivity contribution in [1.29, 1.82) is 0 Å². The first kappa shape index (κ1) is 15.2. The van der Waals surface area contributed by atoms with E-state index in [2.05, 4.69) is 46.5 Å². The summed E-state index contributed by atoms with van der Waals surface area (Å²) in [5.41, 5.74) is 6.37. The Kier molecular flexibility index (Phi) is 5.29. The predicted molar refractivity (Wildman–Crippen MR) is 83.8 cm³/mol. The van der Waals surface area contributed by atoms with Gasteiger partial charge in [0.15, 0.2) is 0 Å². The van der Waals surface area contributed by atoms with Crippen LogP contribution in [0.4, 0.5) is 4.39 Å². The van der Waals surface area contributed by atoms with Gasteiger partial charge in [0, 0.05) is 10.5 Å². The van der Waals surface area contributed by atoms with Crippen molar-refractivity contribution < 1.29 is 4.39 Å². The molecule has 4 heteroatoms. The quantitative estimate of drug-likeness (QED) is 0.647. The molecule has 0 amide bonds. The molecule has 3 N–H and O–H groups in total.